The molecule has 1 saturated heterocycles. The normalized spacial score (nSPS) is 22.7. The third-order valence-electron chi connectivity index (χ3n) is 7.39. The molecule has 1 heterocycles. The first-order valence-electron chi connectivity index (χ1n) is 13.0. The summed E-state index contributed by atoms with van der Waals surface area (Å²) in [5.74, 6) is 0.172. The van der Waals surface area contributed by atoms with Crippen LogP contribution in [0.15, 0.2) is 72.8 Å². The minimum absolute atomic E-state index is 0.0106. The van der Waals surface area contributed by atoms with Crippen molar-refractivity contribution in [3.8, 4) is 0 Å². The molecule has 4 heteroatoms. The molecule has 0 bridgehead atoms. The summed E-state index contributed by atoms with van der Waals surface area (Å²) in [6.45, 7) is 16.7. The lowest BCUT2D eigenvalue weighted by atomic mass is 9.89. The Kier molecular flexibility index (Phi) is 9.72. The lowest BCUT2D eigenvalue weighted by molar-refractivity contribution is -0.255. The zero-order valence-electron chi connectivity index (χ0n) is 22.1. The Morgan fingerprint density at radius 2 is 1.41 bits per heavy atom. The summed E-state index contributed by atoms with van der Waals surface area (Å²) in [4.78, 5) is 0. The summed E-state index contributed by atoms with van der Waals surface area (Å²) in [6, 6.07) is 21.0. The van der Waals surface area contributed by atoms with Crippen molar-refractivity contribution in [3.05, 3.63) is 83.9 Å². The van der Waals surface area contributed by atoms with Crippen LogP contribution in [-0.4, -0.2) is 27.1 Å². The highest BCUT2D eigenvalue weighted by molar-refractivity contribution is 6.77. The second-order valence-electron chi connectivity index (χ2n) is 10.5. The van der Waals surface area contributed by atoms with Gasteiger partial charge in [0.15, 0.2) is 14.6 Å². The Hall–Kier alpha value is -1.72. The summed E-state index contributed by atoms with van der Waals surface area (Å²) in [6.07, 6.45) is 4.82. The van der Waals surface area contributed by atoms with Crippen LogP contribution in [-0.2, 0) is 13.9 Å². The van der Waals surface area contributed by atoms with Crippen molar-refractivity contribution in [1.29, 1.82) is 0 Å². The van der Waals surface area contributed by atoms with Crippen LogP contribution in [0, 0.1) is 0 Å². The lowest BCUT2D eigenvalue weighted by Gasteiger charge is -2.44. The minimum atomic E-state index is -1.98. The zero-order valence-corrected chi connectivity index (χ0v) is 23.1. The fraction of sp³-hybridized carbons (Fsp3) is 0.533. The van der Waals surface area contributed by atoms with Gasteiger partial charge in [0.2, 0.25) is 0 Å². The molecule has 2 aromatic carbocycles. The number of rotatable bonds is 10. The molecule has 186 valence electrons. The fourth-order valence-corrected chi connectivity index (χ4v) is 11.4. The monoisotopic (exact) mass is 480 g/mol. The van der Waals surface area contributed by atoms with E-state index >= 15 is 0 Å². The van der Waals surface area contributed by atoms with Gasteiger partial charge in [-0.05, 0) is 29.1 Å². The molecule has 0 radical (unpaired) electrons. The fourth-order valence-electron chi connectivity index (χ4n) is 5.91. The van der Waals surface area contributed by atoms with Crippen LogP contribution in [0.3, 0.4) is 0 Å². The Morgan fingerprint density at radius 3 is 1.94 bits per heavy atom. The van der Waals surface area contributed by atoms with Crippen molar-refractivity contribution in [2.75, 3.05) is 6.61 Å². The minimum Gasteiger partial charge on any atom is -0.413 e. The van der Waals surface area contributed by atoms with Crippen molar-refractivity contribution in [3.63, 3.8) is 0 Å². The highest BCUT2D eigenvalue weighted by atomic mass is 28.4. The van der Waals surface area contributed by atoms with Gasteiger partial charge in [-0.1, -0.05) is 114 Å². The molecule has 0 amide bonds. The van der Waals surface area contributed by atoms with Gasteiger partial charge in [-0.25, -0.2) is 0 Å². The zero-order chi connectivity index (χ0) is 24.7. The maximum absolute atomic E-state index is 6.97. The molecule has 0 unspecified atom stereocenters. The quantitative estimate of drug-likeness (QED) is 0.252. The van der Waals surface area contributed by atoms with Crippen LogP contribution in [0.2, 0.25) is 16.6 Å². The average Bonchev–Trinajstić information content (AvgIpc) is 2.83. The lowest BCUT2D eigenvalue weighted by Crippen LogP contribution is -2.50. The van der Waals surface area contributed by atoms with Gasteiger partial charge >= 0.3 is 0 Å². The van der Waals surface area contributed by atoms with Crippen molar-refractivity contribution in [1.82, 2.24) is 0 Å². The predicted octanol–water partition coefficient (Wildman–Crippen LogP) is 8.41. The van der Waals surface area contributed by atoms with Crippen LogP contribution < -0.4 is 0 Å². The van der Waals surface area contributed by atoms with Gasteiger partial charge in [-0.2, -0.15) is 0 Å². The van der Waals surface area contributed by atoms with Gasteiger partial charge in [0.05, 0.1) is 18.8 Å². The molecule has 34 heavy (non-hydrogen) atoms. The Morgan fingerprint density at radius 1 is 0.853 bits per heavy atom. The molecular weight excluding hydrogens is 436 g/mol. The largest absolute Gasteiger partial charge is 0.413 e. The SMILES string of the molecule is C/C=C/[C@@H](c1ccccc1)[C@H]1C[C@@H](CO[Si](C(C)C)(C(C)C)C(C)C)O[C@@H](c2ccccc2)O1. The van der Waals surface area contributed by atoms with E-state index in [0.717, 1.165) is 12.0 Å². The van der Waals surface area contributed by atoms with Crippen molar-refractivity contribution < 1.29 is 13.9 Å². The number of hydrogen-bond acceptors (Lipinski definition) is 3. The van der Waals surface area contributed by atoms with Gasteiger partial charge in [-0.15, -0.1) is 0 Å². The first kappa shape index (κ1) is 26.9. The van der Waals surface area contributed by atoms with Gasteiger partial charge in [0, 0.05) is 17.9 Å². The third kappa shape index (κ3) is 6.09. The summed E-state index contributed by atoms with van der Waals surface area (Å²) in [5, 5.41) is 0. The van der Waals surface area contributed by atoms with Gasteiger partial charge < -0.3 is 13.9 Å². The van der Waals surface area contributed by atoms with E-state index in [1.54, 1.807) is 0 Å². The van der Waals surface area contributed by atoms with E-state index in [2.05, 4.69) is 103 Å². The summed E-state index contributed by atoms with van der Waals surface area (Å²) in [7, 11) is -1.98. The highest BCUT2D eigenvalue weighted by Gasteiger charge is 2.46. The summed E-state index contributed by atoms with van der Waals surface area (Å²) in [5.41, 5.74) is 3.98. The maximum Gasteiger partial charge on any atom is 0.200 e. The smallest absolute Gasteiger partial charge is 0.200 e. The number of benzene rings is 2. The Bertz CT molecular complexity index is 857. The highest BCUT2D eigenvalue weighted by Crippen LogP contribution is 2.43. The maximum atomic E-state index is 6.97. The number of allylic oxidation sites excluding steroid dienone is 1. The molecule has 1 aliphatic heterocycles. The first-order valence-corrected chi connectivity index (χ1v) is 15.1. The molecule has 1 fully saturated rings. The van der Waals surface area contributed by atoms with Crippen molar-refractivity contribution >= 4 is 8.32 Å². The van der Waals surface area contributed by atoms with E-state index in [1.807, 2.05) is 18.2 Å². The van der Waals surface area contributed by atoms with Crippen molar-refractivity contribution in [2.45, 2.75) is 95.9 Å². The van der Waals surface area contributed by atoms with Gasteiger partial charge in [0.25, 0.3) is 0 Å². The van der Waals surface area contributed by atoms with Gasteiger partial charge in [0.1, 0.15) is 0 Å². The van der Waals surface area contributed by atoms with E-state index in [1.165, 1.54) is 5.56 Å². The molecule has 0 N–H and O–H groups in total. The van der Waals surface area contributed by atoms with E-state index < -0.39 is 14.6 Å². The average molecular weight is 481 g/mol. The number of ether oxygens (including phenoxy) is 2. The third-order valence-corrected chi connectivity index (χ3v) is 13.5. The molecular formula is C30H44O3Si. The summed E-state index contributed by atoms with van der Waals surface area (Å²) >= 11 is 0. The van der Waals surface area contributed by atoms with E-state index in [0.29, 0.717) is 23.2 Å². The molecule has 4 atom stereocenters. The molecule has 0 saturated carbocycles. The van der Waals surface area contributed by atoms with E-state index in [-0.39, 0.29) is 18.1 Å². The van der Waals surface area contributed by atoms with E-state index in [4.69, 9.17) is 13.9 Å². The molecule has 3 rings (SSSR count). The van der Waals surface area contributed by atoms with Crippen LogP contribution in [0.5, 0.6) is 0 Å². The second-order valence-corrected chi connectivity index (χ2v) is 16.0. The summed E-state index contributed by atoms with van der Waals surface area (Å²) < 4.78 is 20.2. The van der Waals surface area contributed by atoms with Crippen LogP contribution in [0.1, 0.15) is 78.2 Å². The first-order chi connectivity index (χ1) is 16.3. The molecule has 0 aliphatic carbocycles. The Balaban J connectivity index is 1.89. The Labute approximate surface area is 208 Å². The molecule has 3 nitrogen and oxygen atoms in total. The van der Waals surface area contributed by atoms with Crippen LogP contribution in [0.25, 0.3) is 0 Å². The topological polar surface area (TPSA) is 27.7 Å². The molecule has 2 aromatic rings. The molecule has 0 spiro atoms. The molecule has 1 aliphatic rings. The van der Waals surface area contributed by atoms with E-state index in [9.17, 15) is 0 Å². The predicted molar refractivity (Wildman–Crippen MR) is 145 cm³/mol. The number of hydrogen-bond donors (Lipinski definition) is 0. The second kappa shape index (κ2) is 12.3. The van der Waals surface area contributed by atoms with Crippen LogP contribution >= 0.6 is 0 Å². The van der Waals surface area contributed by atoms with Crippen LogP contribution in [0.4, 0.5) is 0 Å². The van der Waals surface area contributed by atoms with Crippen molar-refractivity contribution in [2.24, 2.45) is 0 Å². The van der Waals surface area contributed by atoms with Gasteiger partial charge in [-0.3, -0.25) is 0 Å². The molecule has 0 aromatic heterocycles. The standard InChI is InChI=1S/C30H44O3Si/c1-8-15-28(25-16-11-9-12-17-25)29-20-27(32-30(33-29)26-18-13-10-14-19-26)21-31-34(22(2)3,23(4)5)24(6)7/h8-19,22-24,27-30H,20-21H2,1-7H3/b15-8+/t27-,28-,29+,30+/m0/s1.